The zero-order valence-electron chi connectivity index (χ0n) is 8.64. The van der Waals surface area contributed by atoms with E-state index in [4.69, 9.17) is 0 Å². The summed E-state index contributed by atoms with van der Waals surface area (Å²) >= 11 is 0. The van der Waals surface area contributed by atoms with Crippen molar-refractivity contribution in [1.82, 2.24) is 15.0 Å². The fourth-order valence-corrected chi connectivity index (χ4v) is 1.30. The number of aromatic nitrogens is 3. The van der Waals surface area contributed by atoms with E-state index in [0.29, 0.717) is 5.69 Å². The maximum Gasteiger partial charge on any atom is 0.181 e. The molecule has 0 unspecified atom stereocenters. The second-order valence-electron chi connectivity index (χ2n) is 3.41. The molecule has 0 aliphatic rings. The second kappa shape index (κ2) is 3.65. The molecule has 0 aliphatic carbocycles. The van der Waals surface area contributed by atoms with Crippen LogP contribution in [0.25, 0.3) is 5.69 Å². The summed E-state index contributed by atoms with van der Waals surface area (Å²) in [5.41, 5.74) is 2.38. The van der Waals surface area contributed by atoms with Gasteiger partial charge in [-0.15, -0.1) is 5.10 Å². The van der Waals surface area contributed by atoms with Crippen LogP contribution in [0, 0.1) is 6.92 Å². The van der Waals surface area contributed by atoms with Crippen molar-refractivity contribution in [1.29, 1.82) is 0 Å². The summed E-state index contributed by atoms with van der Waals surface area (Å²) in [7, 11) is 0. The van der Waals surface area contributed by atoms with Crippen LogP contribution in [0.1, 0.15) is 23.0 Å². The van der Waals surface area contributed by atoms with E-state index in [2.05, 4.69) is 10.2 Å². The molecule has 2 aromatic rings. The van der Waals surface area contributed by atoms with Crippen molar-refractivity contribution in [3.8, 4) is 5.69 Å². The van der Waals surface area contributed by atoms with Crippen LogP contribution in [-0.2, 0) is 0 Å². The maximum absolute atomic E-state index is 11.0. The number of Topliss-reactive ketones (excluding diaryl/α,β-unsaturated/α-hetero) is 1. The molecule has 0 bridgehead atoms. The van der Waals surface area contributed by atoms with Crippen molar-refractivity contribution in [3.63, 3.8) is 0 Å². The van der Waals surface area contributed by atoms with E-state index in [1.165, 1.54) is 17.9 Å². The maximum atomic E-state index is 11.0. The fraction of sp³-hybridized carbons (Fsp3) is 0.182. The van der Waals surface area contributed by atoms with Crippen molar-refractivity contribution >= 4 is 5.78 Å². The van der Waals surface area contributed by atoms with Gasteiger partial charge in [0.05, 0.1) is 11.9 Å². The van der Waals surface area contributed by atoms with Gasteiger partial charge in [-0.1, -0.05) is 12.1 Å². The standard InChI is InChI=1S/C11H11N3O/c1-8-4-3-5-10(6-8)14-12-7-11(13-14)9(2)15/h3-7H,1-2H3. The topological polar surface area (TPSA) is 47.8 Å². The molecular weight excluding hydrogens is 190 g/mol. The van der Waals surface area contributed by atoms with Crippen molar-refractivity contribution in [2.24, 2.45) is 0 Å². The average molecular weight is 201 g/mol. The van der Waals surface area contributed by atoms with Crippen molar-refractivity contribution in [3.05, 3.63) is 41.7 Å². The van der Waals surface area contributed by atoms with Crippen LogP contribution in [0.2, 0.25) is 0 Å². The Morgan fingerprint density at radius 1 is 1.40 bits per heavy atom. The molecule has 1 heterocycles. The normalized spacial score (nSPS) is 10.3. The zero-order valence-corrected chi connectivity index (χ0v) is 8.64. The van der Waals surface area contributed by atoms with Crippen LogP contribution in [0.5, 0.6) is 0 Å². The summed E-state index contributed by atoms with van der Waals surface area (Å²) in [6.07, 6.45) is 1.48. The van der Waals surface area contributed by atoms with Crippen LogP contribution in [0.15, 0.2) is 30.5 Å². The highest BCUT2D eigenvalue weighted by molar-refractivity contribution is 5.91. The summed E-state index contributed by atoms with van der Waals surface area (Å²) in [6.45, 7) is 3.48. The van der Waals surface area contributed by atoms with Crippen molar-refractivity contribution < 1.29 is 4.79 Å². The van der Waals surface area contributed by atoms with Crippen LogP contribution < -0.4 is 0 Å². The molecule has 1 aromatic heterocycles. The molecule has 0 N–H and O–H groups in total. The number of carbonyl (C=O) groups excluding carboxylic acids is 1. The molecule has 15 heavy (non-hydrogen) atoms. The number of carbonyl (C=O) groups is 1. The van der Waals surface area contributed by atoms with E-state index in [-0.39, 0.29) is 5.78 Å². The molecule has 0 saturated heterocycles. The molecule has 0 fully saturated rings. The van der Waals surface area contributed by atoms with E-state index in [0.717, 1.165) is 11.3 Å². The van der Waals surface area contributed by atoms with E-state index < -0.39 is 0 Å². The Morgan fingerprint density at radius 3 is 2.80 bits per heavy atom. The Bertz CT molecular complexity index is 502. The lowest BCUT2D eigenvalue weighted by Crippen LogP contribution is -2.00. The first-order valence-corrected chi connectivity index (χ1v) is 4.67. The Balaban J connectivity index is 2.41. The lowest BCUT2D eigenvalue weighted by atomic mass is 10.2. The highest BCUT2D eigenvalue weighted by atomic mass is 16.1. The van der Waals surface area contributed by atoms with Gasteiger partial charge in [-0.05, 0) is 24.6 Å². The van der Waals surface area contributed by atoms with Gasteiger partial charge in [0.2, 0.25) is 0 Å². The van der Waals surface area contributed by atoms with Crippen molar-refractivity contribution in [2.75, 3.05) is 0 Å². The lowest BCUT2D eigenvalue weighted by Gasteiger charge is -1.99. The molecule has 4 nitrogen and oxygen atoms in total. The van der Waals surface area contributed by atoms with Gasteiger partial charge in [0.15, 0.2) is 5.78 Å². The third-order valence-corrected chi connectivity index (χ3v) is 2.09. The van der Waals surface area contributed by atoms with E-state index >= 15 is 0 Å². The first-order valence-electron chi connectivity index (χ1n) is 4.67. The lowest BCUT2D eigenvalue weighted by molar-refractivity contribution is 0.101. The number of ketones is 1. The molecule has 0 amide bonds. The van der Waals surface area contributed by atoms with Gasteiger partial charge < -0.3 is 0 Å². The first-order chi connectivity index (χ1) is 7.16. The van der Waals surface area contributed by atoms with Gasteiger partial charge in [-0.2, -0.15) is 9.90 Å². The number of aryl methyl sites for hydroxylation is 1. The van der Waals surface area contributed by atoms with E-state index in [1.54, 1.807) is 0 Å². The molecule has 0 saturated carbocycles. The molecule has 0 atom stereocenters. The zero-order chi connectivity index (χ0) is 10.8. The highest BCUT2D eigenvalue weighted by Gasteiger charge is 2.06. The SMILES string of the molecule is CC(=O)c1cnn(-c2cccc(C)c2)n1. The summed E-state index contributed by atoms with van der Waals surface area (Å²) in [6, 6.07) is 7.79. The number of benzene rings is 1. The Morgan fingerprint density at radius 2 is 2.20 bits per heavy atom. The van der Waals surface area contributed by atoms with Gasteiger partial charge in [0.25, 0.3) is 0 Å². The summed E-state index contributed by atoms with van der Waals surface area (Å²) in [4.78, 5) is 12.5. The molecule has 0 spiro atoms. The van der Waals surface area contributed by atoms with E-state index in [1.807, 2.05) is 31.2 Å². The van der Waals surface area contributed by atoms with Crippen LogP contribution in [-0.4, -0.2) is 20.8 Å². The largest absolute Gasteiger partial charge is 0.293 e. The number of nitrogens with zero attached hydrogens (tertiary/aromatic N) is 3. The third kappa shape index (κ3) is 1.93. The Hall–Kier alpha value is -1.97. The fourth-order valence-electron chi connectivity index (χ4n) is 1.30. The van der Waals surface area contributed by atoms with Gasteiger partial charge in [0, 0.05) is 6.92 Å². The minimum atomic E-state index is -0.0751. The minimum absolute atomic E-state index is 0.0751. The van der Waals surface area contributed by atoms with Crippen LogP contribution in [0.3, 0.4) is 0 Å². The van der Waals surface area contributed by atoms with Gasteiger partial charge in [-0.25, -0.2) is 0 Å². The predicted octanol–water partition coefficient (Wildman–Crippen LogP) is 1.78. The molecule has 1 aromatic carbocycles. The van der Waals surface area contributed by atoms with Crippen molar-refractivity contribution in [2.45, 2.75) is 13.8 Å². The molecule has 4 heteroatoms. The number of hydrogen-bond donors (Lipinski definition) is 0. The summed E-state index contributed by atoms with van der Waals surface area (Å²) in [5, 5.41) is 8.11. The molecule has 0 radical (unpaired) electrons. The van der Waals surface area contributed by atoms with E-state index in [9.17, 15) is 4.79 Å². The predicted molar refractivity (Wildman–Crippen MR) is 56.1 cm³/mol. The van der Waals surface area contributed by atoms with Crippen LogP contribution in [0.4, 0.5) is 0 Å². The minimum Gasteiger partial charge on any atom is -0.293 e. The molecule has 2 rings (SSSR count). The second-order valence-corrected chi connectivity index (χ2v) is 3.41. The van der Waals surface area contributed by atoms with Crippen LogP contribution >= 0.6 is 0 Å². The smallest absolute Gasteiger partial charge is 0.181 e. The molecular formula is C11H11N3O. The summed E-state index contributed by atoms with van der Waals surface area (Å²) < 4.78 is 0. The van der Waals surface area contributed by atoms with Gasteiger partial charge >= 0.3 is 0 Å². The third-order valence-electron chi connectivity index (χ3n) is 2.09. The summed E-state index contributed by atoms with van der Waals surface area (Å²) in [5.74, 6) is -0.0751. The quantitative estimate of drug-likeness (QED) is 0.696. The average Bonchev–Trinajstić information content (AvgIpc) is 2.66. The van der Waals surface area contributed by atoms with Gasteiger partial charge in [-0.3, -0.25) is 4.79 Å². The number of hydrogen-bond acceptors (Lipinski definition) is 3. The molecule has 0 aliphatic heterocycles. The van der Waals surface area contributed by atoms with Gasteiger partial charge in [0.1, 0.15) is 5.69 Å². The number of rotatable bonds is 2. The monoisotopic (exact) mass is 201 g/mol. The molecule has 76 valence electrons. The Labute approximate surface area is 87.5 Å². The highest BCUT2D eigenvalue weighted by Crippen LogP contribution is 2.07. The first kappa shape index (κ1) is 9.58. The Kier molecular flexibility index (Phi) is 2.33.